The van der Waals surface area contributed by atoms with Gasteiger partial charge in [-0.05, 0) is 48.5 Å². The summed E-state index contributed by atoms with van der Waals surface area (Å²) in [6, 6.07) is 19.4. The zero-order valence-electron chi connectivity index (χ0n) is 16.9. The fourth-order valence-corrected chi connectivity index (χ4v) is 4.31. The number of anilines is 2. The molecule has 7 nitrogen and oxygen atoms in total. The number of carbonyl (C=O) groups is 1. The lowest BCUT2D eigenvalue weighted by Crippen LogP contribution is -2.38. The second-order valence-electron chi connectivity index (χ2n) is 6.45. The van der Waals surface area contributed by atoms with Gasteiger partial charge in [0, 0.05) is 0 Å². The maximum Gasteiger partial charge on any atom is 0.387 e. The molecule has 0 heterocycles. The smallest absolute Gasteiger partial charge is 0.387 e. The van der Waals surface area contributed by atoms with E-state index in [0.29, 0.717) is 5.75 Å². The number of para-hydroxylation sites is 2. The molecule has 0 aliphatic heterocycles. The van der Waals surface area contributed by atoms with E-state index in [1.807, 2.05) is 0 Å². The first kappa shape index (κ1) is 23.0. The van der Waals surface area contributed by atoms with Crippen LogP contribution in [0.1, 0.15) is 0 Å². The molecule has 0 saturated heterocycles. The summed E-state index contributed by atoms with van der Waals surface area (Å²) < 4.78 is 62.3. The number of rotatable bonds is 9. The van der Waals surface area contributed by atoms with E-state index in [9.17, 15) is 22.0 Å². The van der Waals surface area contributed by atoms with Crippen LogP contribution in [-0.2, 0) is 14.8 Å². The molecule has 3 aromatic carbocycles. The van der Waals surface area contributed by atoms with E-state index in [1.165, 1.54) is 55.6 Å². The Balaban J connectivity index is 1.92. The fraction of sp³-hybridized carbons (Fsp3) is 0.136. The summed E-state index contributed by atoms with van der Waals surface area (Å²) in [5.74, 6) is -0.475. The zero-order chi connectivity index (χ0) is 23.1. The summed E-state index contributed by atoms with van der Waals surface area (Å²) in [6.45, 7) is -3.69. The molecule has 0 spiro atoms. The Hall–Kier alpha value is -3.66. The molecule has 0 unspecified atom stereocenters. The molecule has 3 aromatic rings. The van der Waals surface area contributed by atoms with E-state index in [4.69, 9.17) is 4.74 Å². The van der Waals surface area contributed by atoms with Crippen molar-refractivity contribution in [3.63, 3.8) is 0 Å². The van der Waals surface area contributed by atoms with Crippen molar-refractivity contribution < 1.29 is 31.5 Å². The maximum absolute atomic E-state index is 13.3. The van der Waals surface area contributed by atoms with E-state index in [2.05, 4.69) is 10.1 Å². The first-order chi connectivity index (χ1) is 15.3. The monoisotopic (exact) mass is 462 g/mol. The third-order valence-corrected chi connectivity index (χ3v) is 6.14. The van der Waals surface area contributed by atoms with Crippen LogP contribution in [0.2, 0.25) is 0 Å². The molecule has 32 heavy (non-hydrogen) atoms. The number of sulfonamides is 1. The van der Waals surface area contributed by atoms with Crippen molar-refractivity contribution in [1.29, 1.82) is 0 Å². The number of benzene rings is 3. The number of alkyl halides is 2. The molecule has 0 aromatic heterocycles. The highest BCUT2D eigenvalue weighted by Gasteiger charge is 2.27. The normalized spacial score (nSPS) is 11.1. The van der Waals surface area contributed by atoms with Crippen LogP contribution in [0, 0.1) is 0 Å². The topological polar surface area (TPSA) is 84.9 Å². The first-order valence-electron chi connectivity index (χ1n) is 9.37. The summed E-state index contributed by atoms with van der Waals surface area (Å²) in [4.78, 5) is 12.7. The highest BCUT2D eigenvalue weighted by Crippen LogP contribution is 2.28. The molecule has 0 fully saturated rings. The van der Waals surface area contributed by atoms with E-state index in [1.54, 1.807) is 30.3 Å². The molecule has 168 valence electrons. The van der Waals surface area contributed by atoms with Crippen molar-refractivity contribution in [1.82, 2.24) is 0 Å². The number of amides is 1. The number of carbonyl (C=O) groups excluding carboxylic acids is 1. The van der Waals surface area contributed by atoms with Crippen LogP contribution in [-0.4, -0.2) is 34.6 Å². The minimum Gasteiger partial charge on any atom is -0.497 e. The van der Waals surface area contributed by atoms with Gasteiger partial charge < -0.3 is 14.8 Å². The molecular weight excluding hydrogens is 442 g/mol. The largest absolute Gasteiger partial charge is 0.497 e. The number of hydrogen-bond donors (Lipinski definition) is 1. The third-order valence-electron chi connectivity index (χ3n) is 4.36. The van der Waals surface area contributed by atoms with Gasteiger partial charge >= 0.3 is 6.61 Å². The Kier molecular flexibility index (Phi) is 7.26. The fourth-order valence-electron chi connectivity index (χ4n) is 2.87. The number of hydrogen-bond acceptors (Lipinski definition) is 5. The Bertz CT molecular complexity index is 1160. The van der Waals surface area contributed by atoms with Gasteiger partial charge in [0.25, 0.3) is 10.0 Å². The molecule has 1 amide bonds. The van der Waals surface area contributed by atoms with Crippen LogP contribution in [0.5, 0.6) is 11.5 Å². The van der Waals surface area contributed by atoms with Gasteiger partial charge in [-0.2, -0.15) is 8.78 Å². The maximum atomic E-state index is 13.3. The summed E-state index contributed by atoms with van der Waals surface area (Å²) in [7, 11) is -2.64. The number of nitrogens with one attached hydrogen (secondary N) is 1. The highest BCUT2D eigenvalue weighted by molar-refractivity contribution is 7.92. The van der Waals surface area contributed by atoms with Crippen molar-refractivity contribution in [3.8, 4) is 11.5 Å². The summed E-state index contributed by atoms with van der Waals surface area (Å²) in [6.07, 6.45) is 0. The second kappa shape index (κ2) is 10.1. The molecule has 3 rings (SSSR count). The van der Waals surface area contributed by atoms with E-state index >= 15 is 0 Å². The Labute approximate surface area is 184 Å². The highest BCUT2D eigenvalue weighted by atomic mass is 32.2. The van der Waals surface area contributed by atoms with Gasteiger partial charge in [-0.25, -0.2) is 8.42 Å². The van der Waals surface area contributed by atoms with Gasteiger partial charge in [0.05, 0.1) is 23.4 Å². The zero-order valence-corrected chi connectivity index (χ0v) is 17.8. The van der Waals surface area contributed by atoms with Crippen molar-refractivity contribution >= 4 is 27.3 Å². The van der Waals surface area contributed by atoms with Crippen LogP contribution in [0.25, 0.3) is 0 Å². The van der Waals surface area contributed by atoms with Crippen molar-refractivity contribution in [3.05, 3.63) is 78.9 Å². The molecule has 0 atom stereocenters. The number of halogens is 2. The molecule has 0 saturated carbocycles. The van der Waals surface area contributed by atoms with Crippen LogP contribution in [0.15, 0.2) is 83.8 Å². The average molecular weight is 462 g/mol. The summed E-state index contributed by atoms with van der Waals surface area (Å²) >= 11 is 0. The number of methoxy groups -OCH3 is 1. The quantitative estimate of drug-likeness (QED) is 0.517. The van der Waals surface area contributed by atoms with E-state index in [-0.39, 0.29) is 22.0 Å². The lowest BCUT2D eigenvalue weighted by atomic mass is 10.3. The van der Waals surface area contributed by atoms with Gasteiger partial charge in [0.2, 0.25) is 5.91 Å². The van der Waals surface area contributed by atoms with Gasteiger partial charge in [0.15, 0.2) is 0 Å². The summed E-state index contributed by atoms with van der Waals surface area (Å²) in [5, 5.41) is 2.43. The van der Waals surface area contributed by atoms with Gasteiger partial charge in [-0.15, -0.1) is 0 Å². The molecule has 0 bridgehead atoms. The van der Waals surface area contributed by atoms with Crippen molar-refractivity contribution in [2.24, 2.45) is 0 Å². The van der Waals surface area contributed by atoms with Gasteiger partial charge in [-0.1, -0.05) is 30.3 Å². The minimum atomic E-state index is -4.11. The Morgan fingerprint density at radius 2 is 1.59 bits per heavy atom. The molecule has 0 radical (unpaired) electrons. The van der Waals surface area contributed by atoms with Crippen LogP contribution in [0.4, 0.5) is 20.2 Å². The third kappa shape index (κ3) is 5.52. The predicted octanol–water partition coefficient (Wildman–Crippen LogP) is 4.13. The molecule has 0 aliphatic rings. The minimum absolute atomic E-state index is 0.00921. The predicted molar refractivity (Wildman–Crippen MR) is 116 cm³/mol. The molecule has 0 aliphatic carbocycles. The standard InChI is InChI=1S/C22H20F2N2O5S/c1-30-17-13-11-16(12-14-17)26(32(28,29)18-7-3-2-4-8-18)15-21(27)25-19-9-5-6-10-20(19)31-22(23)24/h2-14,22H,15H2,1H3,(H,25,27). The molecule has 1 N–H and O–H groups in total. The van der Waals surface area contributed by atoms with Crippen LogP contribution >= 0.6 is 0 Å². The summed E-state index contributed by atoms with van der Waals surface area (Å²) in [5.41, 5.74) is 0.214. The molecule has 10 heteroatoms. The number of ether oxygens (including phenoxy) is 2. The van der Waals surface area contributed by atoms with E-state index < -0.39 is 29.1 Å². The Morgan fingerprint density at radius 1 is 0.969 bits per heavy atom. The lowest BCUT2D eigenvalue weighted by molar-refractivity contribution is -0.114. The molecular formula is C22H20F2N2O5S. The SMILES string of the molecule is COc1ccc(N(CC(=O)Nc2ccccc2OC(F)F)S(=O)(=O)c2ccccc2)cc1. The Morgan fingerprint density at radius 3 is 2.22 bits per heavy atom. The second-order valence-corrected chi connectivity index (χ2v) is 8.31. The van der Waals surface area contributed by atoms with Crippen LogP contribution < -0.4 is 19.1 Å². The first-order valence-corrected chi connectivity index (χ1v) is 10.8. The van der Waals surface area contributed by atoms with Crippen molar-refractivity contribution in [2.45, 2.75) is 11.5 Å². The lowest BCUT2D eigenvalue weighted by Gasteiger charge is -2.24. The van der Waals surface area contributed by atoms with Gasteiger partial charge in [0.1, 0.15) is 18.0 Å². The van der Waals surface area contributed by atoms with Crippen molar-refractivity contribution in [2.75, 3.05) is 23.3 Å². The van der Waals surface area contributed by atoms with Crippen LogP contribution in [0.3, 0.4) is 0 Å². The average Bonchev–Trinajstić information content (AvgIpc) is 2.79. The van der Waals surface area contributed by atoms with E-state index in [0.717, 1.165) is 4.31 Å². The number of nitrogens with zero attached hydrogens (tertiary/aromatic N) is 1. The van der Waals surface area contributed by atoms with Gasteiger partial charge in [-0.3, -0.25) is 9.10 Å².